The molecule has 0 aliphatic carbocycles. The van der Waals surface area contributed by atoms with E-state index in [0.717, 1.165) is 24.9 Å². The molecule has 8 heteroatoms. The number of aromatic nitrogens is 1. The quantitative estimate of drug-likeness (QED) is 0.594. The molecule has 0 saturated carbocycles. The molecule has 0 amide bonds. The zero-order valence-electron chi connectivity index (χ0n) is 16.7. The summed E-state index contributed by atoms with van der Waals surface area (Å²) >= 11 is 0. The molecule has 0 bridgehead atoms. The Balaban J connectivity index is 2.14. The van der Waals surface area contributed by atoms with Crippen molar-refractivity contribution < 1.29 is 25.2 Å². The molecule has 1 fully saturated rings. The van der Waals surface area contributed by atoms with Crippen LogP contribution in [0.2, 0.25) is 0 Å². The summed E-state index contributed by atoms with van der Waals surface area (Å²) in [4.78, 5) is 26.4. The van der Waals surface area contributed by atoms with Gasteiger partial charge >= 0.3 is 11.9 Å². The summed E-state index contributed by atoms with van der Waals surface area (Å²) in [6.07, 6.45) is 4.48. The molecule has 0 aromatic carbocycles. The number of nitrogens with zero attached hydrogens (tertiary/aromatic N) is 1. The molecule has 1 aliphatic heterocycles. The van der Waals surface area contributed by atoms with Crippen molar-refractivity contribution in [2.45, 2.75) is 44.7 Å². The summed E-state index contributed by atoms with van der Waals surface area (Å²) in [5, 5.41) is 2.03. The van der Waals surface area contributed by atoms with Gasteiger partial charge in [-0.25, -0.2) is 10.4 Å². The van der Waals surface area contributed by atoms with E-state index < -0.39 is 6.52 Å². The topological polar surface area (TPSA) is 92.9 Å². The second-order valence-corrected chi connectivity index (χ2v) is 6.25. The first-order valence-corrected chi connectivity index (χ1v) is 8.76. The van der Waals surface area contributed by atoms with Gasteiger partial charge in [-0.15, -0.1) is 0 Å². The normalized spacial score (nSPS) is 19.2. The lowest BCUT2D eigenvalue weighted by molar-refractivity contribution is -0.140. The van der Waals surface area contributed by atoms with Crippen molar-refractivity contribution >= 4 is 11.9 Å². The lowest BCUT2D eigenvalue weighted by Crippen LogP contribution is -2.43. The van der Waals surface area contributed by atoms with Crippen LogP contribution in [0, 0.1) is 0 Å². The number of nitrogens with one attached hydrogen (secondary N) is 2. The average molecular weight is 368 g/mol. The van der Waals surface area contributed by atoms with Gasteiger partial charge in [-0.3, -0.25) is 9.59 Å². The number of carbonyl (C=O) groups excluding carboxylic acids is 2. The van der Waals surface area contributed by atoms with Crippen LogP contribution < -0.4 is 5.43 Å². The smallest absolute Gasteiger partial charge is 0.310 e. The number of ether oxygens (including phenoxy) is 3. The molecule has 2 heterocycles. The van der Waals surface area contributed by atoms with Crippen LogP contribution in [0.5, 0.6) is 0 Å². The van der Waals surface area contributed by atoms with Gasteiger partial charge in [0.15, 0.2) is 0 Å². The summed E-state index contributed by atoms with van der Waals surface area (Å²) in [7, 11) is 4.34. The van der Waals surface area contributed by atoms with Crippen LogP contribution in [0.25, 0.3) is 0 Å². The van der Waals surface area contributed by atoms with Crippen LogP contribution >= 0.6 is 0 Å². The van der Waals surface area contributed by atoms with Gasteiger partial charge in [0.25, 0.3) is 0 Å². The Labute approximate surface area is 155 Å². The van der Waals surface area contributed by atoms with Crippen LogP contribution in [0.1, 0.15) is 37.5 Å². The van der Waals surface area contributed by atoms with Crippen LogP contribution in [0.3, 0.4) is 0 Å². The Kier molecular flexibility index (Phi) is 7.48. The van der Waals surface area contributed by atoms with E-state index in [1.807, 2.05) is 5.01 Å². The molecular formula is C18H29N3O5. The van der Waals surface area contributed by atoms with Gasteiger partial charge in [0.05, 0.1) is 35.1 Å². The minimum Gasteiger partial charge on any atom is -0.469 e. The predicted molar refractivity (Wildman–Crippen MR) is 95.3 cm³/mol. The first-order valence-electron chi connectivity index (χ1n) is 9.34. The summed E-state index contributed by atoms with van der Waals surface area (Å²) in [6.45, 7) is 0.671. The molecule has 1 aliphatic rings. The number of hydrogen-bond donors (Lipinski definition) is 2. The summed E-state index contributed by atoms with van der Waals surface area (Å²) in [5.74, 6) is -0.706. The maximum absolute atomic E-state index is 11.8. The molecular weight excluding hydrogens is 338 g/mol. The van der Waals surface area contributed by atoms with E-state index >= 15 is 0 Å². The number of rotatable bonds is 10. The number of hydrogen-bond acceptors (Lipinski definition) is 7. The molecule has 1 aromatic rings. The van der Waals surface area contributed by atoms with Crippen molar-refractivity contribution in [2.24, 2.45) is 0 Å². The third-order valence-corrected chi connectivity index (χ3v) is 4.60. The highest BCUT2D eigenvalue weighted by Gasteiger charge is 2.25. The molecule has 2 rings (SSSR count). The van der Waals surface area contributed by atoms with Gasteiger partial charge in [0.2, 0.25) is 0 Å². The number of aryl methyl sites for hydroxylation is 1. The summed E-state index contributed by atoms with van der Waals surface area (Å²) in [5.41, 5.74) is 5.31. The zero-order chi connectivity index (χ0) is 19.8. The van der Waals surface area contributed by atoms with Gasteiger partial charge in [-0.2, -0.15) is 0 Å². The number of esters is 2. The van der Waals surface area contributed by atoms with Crippen molar-refractivity contribution in [1.29, 1.82) is 0 Å². The van der Waals surface area contributed by atoms with E-state index in [1.165, 1.54) is 14.2 Å². The average Bonchev–Trinajstić information content (AvgIpc) is 3.26. The molecule has 1 saturated heterocycles. The van der Waals surface area contributed by atoms with E-state index in [2.05, 4.69) is 15.1 Å². The second kappa shape index (κ2) is 10.3. The Morgan fingerprint density at radius 1 is 1.35 bits per heavy atom. The second-order valence-electron chi connectivity index (χ2n) is 6.25. The number of aromatic amines is 1. The molecule has 2 atom stereocenters. The van der Waals surface area contributed by atoms with Gasteiger partial charge in [0, 0.05) is 38.0 Å². The van der Waals surface area contributed by atoms with Crippen molar-refractivity contribution in [3.63, 3.8) is 0 Å². The highest BCUT2D eigenvalue weighted by molar-refractivity contribution is 5.74. The molecule has 146 valence electrons. The molecule has 26 heavy (non-hydrogen) atoms. The van der Waals surface area contributed by atoms with Gasteiger partial charge in [-0.1, -0.05) is 0 Å². The van der Waals surface area contributed by atoms with Crippen molar-refractivity contribution in [2.75, 3.05) is 34.5 Å². The largest absolute Gasteiger partial charge is 0.469 e. The van der Waals surface area contributed by atoms with Gasteiger partial charge in [0.1, 0.15) is 0 Å². The van der Waals surface area contributed by atoms with Crippen LogP contribution in [0.15, 0.2) is 6.20 Å². The minimum atomic E-state index is -0.769. The van der Waals surface area contributed by atoms with Crippen LogP contribution in [-0.4, -0.2) is 62.5 Å². The molecule has 8 nitrogen and oxygen atoms in total. The zero-order valence-corrected chi connectivity index (χ0v) is 15.7. The van der Waals surface area contributed by atoms with Gasteiger partial charge < -0.3 is 19.2 Å². The third kappa shape index (κ3) is 5.55. The van der Waals surface area contributed by atoms with Gasteiger partial charge in [-0.05, 0) is 30.4 Å². The highest BCUT2D eigenvalue weighted by Crippen LogP contribution is 2.20. The first-order chi connectivity index (χ1) is 13.0. The van der Waals surface area contributed by atoms with Crippen molar-refractivity contribution in [3.8, 4) is 0 Å². The Hall–Kier alpha value is -1.90. The fourth-order valence-corrected chi connectivity index (χ4v) is 3.15. The number of H-pyrrole nitrogens is 1. The Morgan fingerprint density at radius 3 is 2.81 bits per heavy atom. The van der Waals surface area contributed by atoms with E-state index in [9.17, 15) is 9.59 Å². The Bertz CT molecular complexity index is 637. The highest BCUT2D eigenvalue weighted by atomic mass is 16.5. The lowest BCUT2D eigenvalue weighted by atomic mass is 10.0. The summed E-state index contributed by atoms with van der Waals surface area (Å²) < 4.78 is 23.3. The van der Waals surface area contributed by atoms with E-state index in [1.54, 1.807) is 13.3 Å². The maximum atomic E-state index is 11.8. The van der Waals surface area contributed by atoms with E-state index in [4.69, 9.17) is 10.8 Å². The number of carbonyl (C=O) groups is 2. The predicted octanol–water partition coefficient (Wildman–Crippen LogP) is 0.951. The molecule has 0 spiro atoms. The van der Waals surface area contributed by atoms with Crippen molar-refractivity contribution in [1.82, 2.24) is 15.4 Å². The van der Waals surface area contributed by atoms with E-state index in [0.29, 0.717) is 24.3 Å². The third-order valence-electron chi connectivity index (χ3n) is 4.60. The molecule has 2 N–H and O–H groups in total. The first kappa shape index (κ1) is 18.9. The maximum Gasteiger partial charge on any atom is 0.310 e. The molecule has 1 unspecified atom stereocenters. The lowest BCUT2D eigenvalue weighted by Gasteiger charge is -2.24. The fourth-order valence-electron chi connectivity index (χ4n) is 3.15. The molecule has 0 radical (unpaired) electrons. The van der Waals surface area contributed by atoms with Crippen LogP contribution in [-0.2, 0) is 43.2 Å². The van der Waals surface area contributed by atoms with Crippen LogP contribution in [0.4, 0.5) is 0 Å². The number of hydrazine groups is 1. The SMILES string of the molecule is [2H]C(NN1CCC[C@H]1COC)c1[nH]cc(CCC(=O)OC)c1CC(=O)OC. The molecule has 1 aromatic heterocycles. The summed E-state index contributed by atoms with van der Waals surface area (Å²) in [6, 6.07) is 0.223. The monoisotopic (exact) mass is 368 g/mol. The Morgan fingerprint density at radius 2 is 2.12 bits per heavy atom. The van der Waals surface area contributed by atoms with Crippen molar-refractivity contribution in [3.05, 3.63) is 23.0 Å². The number of methoxy groups -OCH3 is 3. The standard InChI is InChI=1S/C18H29N3O5/c1-24-12-14-5-4-8-21(14)20-11-16-15(9-18(23)26-3)13(10-19-16)6-7-17(22)25-2/h10,14,19-20H,4-9,11-12H2,1-3H3/t14-/m0/s1/i11D/t11?,14-. The van der Waals surface area contributed by atoms with E-state index in [-0.39, 0.29) is 30.8 Å². The fraction of sp³-hybridized carbons (Fsp3) is 0.667. The minimum absolute atomic E-state index is 0.0460.